The highest BCUT2D eigenvalue weighted by atomic mass is 16.2. The number of ketones is 1. The maximum absolute atomic E-state index is 15.0. The maximum atomic E-state index is 15.0. The van der Waals surface area contributed by atoms with Gasteiger partial charge in [-0.3, -0.25) is 19.3 Å². The summed E-state index contributed by atoms with van der Waals surface area (Å²) in [6, 6.07) is 34.1. The van der Waals surface area contributed by atoms with Crippen molar-refractivity contribution >= 4 is 29.0 Å². The fourth-order valence-electron chi connectivity index (χ4n) is 7.28. The van der Waals surface area contributed by atoms with Crippen LogP contribution < -0.4 is 10.2 Å². The standard InChI is InChI=1S/C33H27N3O3/c1-35-21-26(29(37)23-14-6-3-7-15-23)32(24-16-8-10-18-27(24)34-30(32)38)33(35)25-17-9-11-19-28(25)36(31(33)39)20-22-12-4-2-5-13-22/h2-19,26H,20-21H2,1H3,(H,34,38)/t26-,32+,33+/m0/s1. The van der Waals surface area contributed by atoms with Crippen LogP contribution in [0.25, 0.3) is 0 Å². The van der Waals surface area contributed by atoms with E-state index in [-0.39, 0.29) is 24.1 Å². The van der Waals surface area contributed by atoms with Gasteiger partial charge < -0.3 is 10.2 Å². The lowest BCUT2D eigenvalue weighted by Gasteiger charge is -2.43. The number of hydrogen-bond acceptors (Lipinski definition) is 4. The number of likely N-dealkylation sites (N-methyl/N-ethyl adjacent to an activating group) is 1. The lowest BCUT2D eigenvalue weighted by Crippen LogP contribution is -2.63. The molecule has 2 spiro atoms. The molecule has 3 heterocycles. The van der Waals surface area contributed by atoms with Gasteiger partial charge in [-0.1, -0.05) is 97.1 Å². The molecule has 1 N–H and O–H groups in total. The SMILES string of the molecule is CN1C[C@@H](C(=O)c2ccccc2)[C@]2(C(=O)Nc3ccccc32)[C@@]12C(=O)N(Cc1ccccc1)c1ccccc12. The Balaban J connectivity index is 1.51. The molecule has 0 aromatic heterocycles. The van der Waals surface area contributed by atoms with E-state index in [0.717, 1.165) is 16.8 Å². The Hall–Kier alpha value is -4.55. The van der Waals surface area contributed by atoms with Crippen molar-refractivity contribution in [3.63, 3.8) is 0 Å². The van der Waals surface area contributed by atoms with Crippen molar-refractivity contribution in [2.24, 2.45) is 5.92 Å². The summed E-state index contributed by atoms with van der Waals surface area (Å²) in [5.74, 6) is -1.42. The zero-order valence-electron chi connectivity index (χ0n) is 21.5. The van der Waals surface area contributed by atoms with Crippen molar-refractivity contribution in [3.8, 4) is 0 Å². The molecule has 7 rings (SSSR count). The first kappa shape index (κ1) is 23.6. The topological polar surface area (TPSA) is 69.7 Å². The highest BCUT2D eigenvalue weighted by Gasteiger charge is 2.78. The van der Waals surface area contributed by atoms with Crippen LogP contribution in [-0.4, -0.2) is 36.1 Å². The number of hydrogen-bond donors (Lipinski definition) is 1. The summed E-state index contributed by atoms with van der Waals surface area (Å²) in [7, 11) is 1.87. The Bertz CT molecular complexity index is 1640. The fourth-order valence-corrected chi connectivity index (χ4v) is 7.28. The molecule has 0 radical (unpaired) electrons. The zero-order chi connectivity index (χ0) is 26.8. The number of nitrogens with one attached hydrogen (secondary N) is 1. The third-order valence-electron chi connectivity index (χ3n) is 8.78. The molecule has 2 amide bonds. The Labute approximate surface area is 226 Å². The molecule has 0 bridgehead atoms. The van der Waals surface area contributed by atoms with Crippen LogP contribution in [0, 0.1) is 5.92 Å². The Kier molecular flexibility index (Phi) is 5.12. The van der Waals surface area contributed by atoms with Gasteiger partial charge >= 0.3 is 0 Å². The van der Waals surface area contributed by atoms with Gasteiger partial charge in [0.1, 0.15) is 11.0 Å². The minimum absolute atomic E-state index is 0.141. The first-order chi connectivity index (χ1) is 19.0. The Morgan fingerprint density at radius 2 is 1.44 bits per heavy atom. The van der Waals surface area contributed by atoms with Gasteiger partial charge in [0.2, 0.25) is 5.91 Å². The molecule has 3 aliphatic rings. The molecule has 4 aromatic rings. The second-order valence-electron chi connectivity index (χ2n) is 10.6. The predicted octanol–water partition coefficient (Wildman–Crippen LogP) is 4.76. The van der Waals surface area contributed by atoms with Crippen LogP contribution >= 0.6 is 0 Å². The highest BCUT2D eigenvalue weighted by Crippen LogP contribution is 2.65. The molecule has 0 aliphatic carbocycles. The van der Waals surface area contributed by atoms with Crippen molar-refractivity contribution in [3.05, 3.63) is 131 Å². The van der Waals surface area contributed by atoms with Crippen LogP contribution in [0.5, 0.6) is 0 Å². The molecular formula is C33H27N3O3. The number of likely N-dealkylation sites (tertiary alicyclic amines) is 1. The largest absolute Gasteiger partial charge is 0.325 e. The van der Waals surface area contributed by atoms with E-state index in [0.29, 0.717) is 23.4 Å². The summed E-state index contributed by atoms with van der Waals surface area (Å²) in [4.78, 5) is 47.5. The van der Waals surface area contributed by atoms with E-state index in [2.05, 4.69) is 5.32 Å². The second-order valence-corrected chi connectivity index (χ2v) is 10.6. The third kappa shape index (κ3) is 2.92. The first-order valence-electron chi connectivity index (χ1n) is 13.2. The van der Waals surface area contributed by atoms with Crippen LogP contribution in [-0.2, 0) is 27.1 Å². The molecule has 0 unspecified atom stereocenters. The van der Waals surface area contributed by atoms with Crippen LogP contribution in [0.3, 0.4) is 0 Å². The quantitative estimate of drug-likeness (QED) is 0.400. The van der Waals surface area contributed by atoms with Gasteiger partial charge in [0.05, 0.1) is 12.5 Å². The van der Waals surface area contributed by atoms with E-state index in [1.54, 1.807) is 17.0 Å². The number of carbonyl (C=O) groups is 3. The zero-order valence-corrected chi connectivity index (χ0v) is 21.5. The monoisotopic (exact) mass is 513 g/mol. The average molecular weight is 514 g/mol. The van der Waals surface area contributed by atoms with Gasteiger partial charge in [0.15, 0.2) is 5.78 Å². The summed E-state index contributed by atoms with van der Waals surface area (Å²) in [5.41, 5.74) is 1.53. The van der Waals surface area contributed by atoms with E-state index in [9.17, 15) is 9.59 Å². The van der Waals surface area contributed by atoms with Crippen molar-refractivity contribution < 1.29 is 14.4 Å². The molecule has 3 atom stereocenters. The summed E-state index contributed by atoms with van der Waals surface area (Å²) in [5, 5.41) is 3.07. The summed E-state index contributed by atoms with van der Waals surface area (Å²) in [6.45, 7) is 0.623. The van der Waals surface area contributed by atoms with E-state index in [4.69, 9.17) is 0 Å². The number of benzene rings is 4. The molecule has 3 aliphatic heterocycles. The van der Waals surface area contributed by atoms with Crippen LogP contribution in [0.4, 0.5) is 11.4 Å². The van der Waals surface area contributed by atoms with E-state index in [1.807, 2.05) is 109 Å². The number of fused-ring (bicyclic) bond motifs is 5. The third-order valence-corrected chi connectivity index (χ3v) is 8.78. The molecule has 0 saturated carbocycles. The van der Waals surface area contributed by atoms with Gasteiger partial charge in [-0.05, 0) is 30.3 Å². The number of nitrogens with zero attached hydrogens (tertiary/aromatic N) is 2. The van der Waals surface area contributed by atoms with E-state index >= 15 is 4.79 Å². The maximum Gasteiger partial charge on any atom is 0.254 e. The van der Waals surface area contributed by atoms with Gasteiger partial charge in [-0.2, -0.15) is 0 Å². The van der Waals surface area contributed by atoms with Crippen molar-refractivity contribution in [1.82, 2.24) is 4.90 Å². The molecule has 1 fully saturated rings. The smallest absolute Gasteiger partial charge is 0.254 e. The Morgan fingerprint density at radius 3 is 2.18 bits per heavy atom. The molecule has 4 aromatic carbocycles. The van der Waals surface area contributed by atoms with Crippen molar-refractivity contribution in [2.75, 3.05) is 23.8 Å². The van der Waals surface area contributed by atoms with E-state index < -0.39 is 16.9 Å². The number of rotatable bonds is 4. The number of Topliss-reactive ketones (excluding diaryl/α,β-unsaturated/α-hetero) is 1. The lowest BCUT2D eigenvalue weighted by molar-refractivity contribution is -0.138. The van der Waals surface area contributed by atoms with Crippen LogP contribution in [0.2, 0.25) is 0 Å². The molecular weight excluding hydrogens is 486 g/mol. The second kappa shape index (κ2) is 8.48. The minimum atomic E-state index is -1.45. The molecule has 6 nitrogen and oxygen atoms in total. The molecule has 39 heavy (non-hydrogen) atoms. The van der Waals surface area contributed by atoms with Crippen molar-refractivity contribution in [1.29, 1.82) is 0 Å². The molecule has 192 valence electrons. The highest BCUT2D eigenvalue weighted by molar-refractivity contribution is 6.21. The van der Waals surface area contributed by atoms with Crippen molar-refractivity contribution in [2.45, 2.75) is 17.5 Å². The van der Waals surface area contributed by atoms with Gasteiger partial charge in [-0.25, -0.2) is 0 Å². The number of carbonyl (C=O) groups excluding carboxylic acids is 3. The predicted molar refractivity (Wildman–Crippen MR) is 149 cm³/mol. The first-order valence-corrected chi connectivity index (χ1v) is 13.2. The number of anilines is 2. The Morgan fingerprint density at radius 1 is 0.821 bits per heavy atom. The lowest BCUT2D eigenvalue weighted by atomic mass is 9.58. The molecule has 6 heteroatoms. The number of amides is 2. The van der Waals surface area contributed by atoms with Gasteiger partial charge in [-0.15, -0.1) is 0 Å². The van der Waals surface area contributed by atoms with Gasteiger partial charge in [0.25, 0.3) is 5.91 Å². The summed E-state index contributed by atoms with van der Waals surface area (Å²) < 4.78 is 0. The molecule has 1 saturated heterocycles. The fraction of sp³-hybridized carbons (Fsp3) is 0.182. The summed E-state index contributed by atoms with van der Waals surface area (Å²) >= 11 is 0. The normalized spacial score (nSPS) is 25.3. The van der Waals surface area contributed by atoms with Crippen LogP contribution in [0.1, 0.15) is 27.0 Å². The average Bonchev–Trinajstić information content (AvgIpc) is 3.53. The van der Waals surface area contributed by atoms with E-state index in [1.165, 1.54) is 0 Å². The summed E-state index contributed by atoms with van der Waals surface area (Å²) in [6.07, 6.45) is 0. The number of para-hydroxylation sites is 2. The van der Waals surface area contributed by atoms with Gasteiger partial charge in [0, 0.05) is 29.0 Å². The minimum Gasteiger partial charge on any atom is -0.325 e. The van der Waals surface area contributed by atoms with Crippen LogP contribution in [0.15, 0.2) is 109 Å².